The molecule has 0 fully saturated rings. The maximum Gasteiger partial charge on any atom is 0.345 e. The van der Waals surface area contributed by atoms with Gasteiger partial charge in [0.15, 0.2) is 0 Å². The van der Waals surface area contributed by atoms with E-state index in [1.807, 2.05) is 0 Å². The highest BCUT2D eigenvalue weighted by molar-refractivity contribution is 6.16. The second-order valence-electron chi connectivity index (χ2n) is 2.22. The fourth-order valence-electron chi connectivity index (χ4n) is 0.708. The van der Waals surface area contributed by atoms with Gasteiger partial charge >= 0.3 is 5.97 Å². The van der Waals surface area contributed by atoms with Crippen LogP contribution in [0.3, 0.4) is 0 Å². The van der Waals surface area contributed by atoms with Crippen LogP contribution in [0.1, 0.15) is 6.92 Å². The van der Waals surface area contributed by atoms with E-state index >= 15 is 0 Å². The summed E-state index contributed by atoms with van der Waals surface area (Å²) in [7, 11) is 1.40. The highest BCUT2D eigenvalue weighted by Gasteiger charge is 2.17. The molecule has 1 amide bonds. The number of carbonyl (C=O) groups excluding carboxylic acids is 2. The molecule has 0 bridgehead atoms. The van der Waals surface area contributed by atoms with Crippen LogP contribution in [0, 0.1) is 0 Å². The lowest BCUT2D eigenvalue weighted by Crippen LogP contribution is -2.28. The highest BCUT2D eigenvalue weighted by Crippen LogP contribution is 1.96. The molecule has 0 aromatic heterocycles. The summed E-state index contributed by atoms with van der Waals surface area (Å²) in [6.07, 6.45) is 1.11. The van der Waals surface area contributed by atoms with Crippen molar-refractivity contribution in [3.63, 3.8) is 0 Å². The number of carbonyl (C=O) groups is 2. The number of hydrogen-bond acceptors (Lipinski definition) is 5. The number of nitrogens with one attached hydrogen (secondary N) is 2. The average molecular weight is 202 g/mol. The predicted molar refractivity (Wildman–Crippen MR) is 49.0 cm³/mol. The van der Waals surface area contributed by atoms with Gasteiger partial charge in [-0.05, 0) is 6.92 Å². The number of likely N-dealkylation sites (N-methyl/N-ethyl adjacent to an activating group) is 1. The Morgan fingerprint density at radius 2 is 2.14 bits per heavy atom. The summed E-state index contributed by atoms with van der Waals surface area (Å²) in [5.74, 6) is -1.29. The first-order valence-electron chi connectivity index (χ1n) is 4.11. The van der Waals surface area contributed by atoms with Gasteiger partial charge in [0.2, 0.25) is 0 Å². The van der Waals surface area contributed by atoms with Crippen molar-refractivity contribution >= 4 is 11.9 Å². The molecule has 80 valence electrons. The fourth-order valence-corrected chi connectivity index (χ4v) is 0.708. The monoisotopic (exact) mass is 202 g/mol. The van der Waals surface area contributed by atoms with Crippen molar-refractivity contribution in [2.24, 2.45) is 0 Å². The number of rotatable bonds is 5. The molecule has 0 heterocycles. The van der Waals surface area contributed by atoms with Gasteiger partial charge in [-0.3, -0.25) is 4.79 Å². The summed E-state index contributed by atoms with van der Waals surface area (Å²) in [6, 6.07) is 0. The largest absolute Gasteiger partial charge is 0.462 e. The van der Waals surface area contributed by atoms with E-state index in [4.69, 9.17) is 5.11 Å². The quantitative estimate of drug-likeness (QED) is 0.170. The van der Waals surface area contributed by atoms with Crippen molar-refractivity contribution in [1.29, 1.82) is 0 Å². The molecular formula is C8H14N2O4. The molecule has 0 aromatic carbocycles. The highest BCUT2D eigenvalue weighted by atomic mass is 16.5. The van der Waals surface area contributed by atoms with Crippen LogP contribution in [-0.2, 0) is 14.3 Å². The Balaban J connectivity index is 4.54. The molecule has 0 saturated heterocycles. The van der Waals surface area contributed by atoms with E-state index in [1.54, 1.807) is 6.92 Å². The van der Waals surface area contributed by atoms with Crippen molar-refractivity contribution in [1.82, 2.24) is 10.6 Å². The first kappa shape index (κ1) is 12.4. The van der Waals surface area contributed by atoms with Crippen LogP contribution in [0.5, 0.6) is 0 Å². The van der Waals surface area contributed by atoms with Gasteiger partial charge in [0.05, 0.1) is 6.61 Å². The number of aliphatic hydroxyl groups excluding tert-OH is 1. The summed E-state index contributed by atoms with van der Waals surface area (Å²) >= 11 is 0. The molecule has 0 aliphatic carbocycles. The first-order chi connectivity index (χ1) is 6.67. The third-order valence-corrected chi connectivity index (χ3v) is 1.30. The molecule has 3 N–H and O–H groups in total. The van der Waals surface area contributed by atoms with Crippen LogP contribution in [-0.4, -0.2) is 37.4 Å². The maximum absolute atomic E-state index is 11.2. The molecule has 6 heteroatoms. The van der Waals surface area contributed by atoms with Crippen LogP contribution in [0.15, 0.2) is 11.8 Å². The minimum Gasteiger partial charge on any atom is -0.462 e. The van der Waals surface area contributed by atoms with Crippen LogP contribution < -0.4 is 10.6 Å². The minimum absolute atomic E-state index is 0.177. The Kier molecular flexibility index (Phi) is 6.13. The molecule has 0 rings (SSSR count). The van der Waals surface area contributed by atoms with E-state index in [1.165, 1.54) is 7.05 Å². The third kappa shape index (κ3) is 3.90. The summed E-state index contributed by atoms with van der Waals surface area (Å²) in [6.45, 7) is 1.46. The lowest BCUT2D eigenvalue weighted by molar-refractivity contribution is -0.140. The summed E-state index contributed by atoms with van der Waals surface area (Å²) in [4.78, 5) is 22.3. The molecule has 0 aliphatic heterocycles. The Hall–Kier alpha value is -1.56. The van der Waals surface area contributed by atoms with E-state index in [9.17, 15) is 9.59 Å². The molecule has 0 aliphatic rings. The van der Waals surface area contributed by atoms with Crippen molar-refractivity contribution in [2.75, 3.05) is 20.4 Å². The van der Waals surface area contributed by atoms with E-state index in [0.29, 0.717) is 0 Å². The first-order valence-corrected chi connectivity index (χ1v) is 4.11. The molecule has 0 saturated carbocycles. The average Bonchev–Trinajstić information content (AvgIpc) is 2.18. The predicted octanol–water partition coefficient (Wildman–Crippen LogP) is -1.28. The molecule has 6 nitrogen and oxygen atoms in total. The van der Waals surface area contributed by atoms with Gasteiger partial charge in [0, 0.05) is 13.2 Å². The van der Waals surface area contributed by atoms with Gasteiger partial charge in [0.1, 0.15) is 12.3 Å². The van der Waals surface area contributed by atoms with Crippen LogP contribution in [0.4, 0.5) is 0 Å². The molecular weight excluding hydrogens is 188 g/mol. The topological polar surface area (TPSA) is 87.7 Å². The van der Waals surface area contributed by atoms with Crippen LogP contribution >= 0.6 is 0 Å². The van der Waals surface area contributed by atoms with Gasteiger partial charge in [0.25, 0.3) is 5.91 Å². The van der Waals surface area contributed by atoms with Gasteiger partial charge in [-0.15, -0.1) is 0 Å². The van der Waals surface area contributed by atoms with Crippen LogP contribution in [0.2, 0.25) is 0 Å². The van der Waals surface area contributed by atoms with Crippen LogP contribution in [0.25, 0.3) is 0 Å². The number of esters is 1. The smallest absolute Gasteiger partial charge is 0.345 e. The number of amides is 1. The normalized spacial score (nSPS) is 10.6. The standard InChI is InChI=1S/C8H14N2O4/c1-3-14-8(13)6(4-10-5-11)7(12)9-2/h4,10-11H,3,5H2,1-2H3,(H,9,12). The zero-order valence-electron chi connectivity index (χ0n) is 8.16. The van der Waals surface area contributed by atoms with Gasteiger partial charge in [-0.2, -0.15) is 0 Å². The summed E-state index contributed by atoms with van der Waals surface area (Å²) in [5.41, 5.74) is -0.177. The number of hydrogen-bond donors (Lipinski definition) is 3. The maximum atomic E-state index is 11.2. The van der Waals surface area contributed by atoms with E-state index in [0.717, 1.165) is 6.20 Å². The SMILES string of the molecule is CCOC(=O)C(=CNCO)C(=O)NC. The summed E-state index contributed by atoms with van der Waals surface area (Å²) < 4.78 is 4.63. The molecule has 0 atom stereocenters. The van der Waals surface area contributed by atoms with E-state index < -0.39 is 11.9 Å². The lowest BCUT2D eigenvalue weighted by atomic mass is 10.3. The van der Waals surface area contributed by atoms with Crippen molar-refractivity contribution in [2.45, 2.75) is 6.92 Å². The van der Waals surface area contributed by atoms with Crippen molar-refractivity contribution < 1.29 is 19.4 Å². The molecule has 14 heavy (non-hydrogen) atoms. The molecule has 0 aromatic rings. The number of aliphatic hydroxyl groups is 1. The van der Waals surface area contributed by atoms with Gasteiger partial charge in [-0.1, -0.05) is 0 Å². The second kappa shape index (κ2) is 6.90. The second-order valence-corrected chi connectivity index (χ2v) is 2.22. The fraction of sp³-hybridized carbons (Fsp3) is 0.500. The molecule has 0 unspecified atom stereocenters. The van der Waals surface area contributed by atoms with Crippen molar-refractivity contribution in [3.05, 3.63) is 11.8 Å². The zero-order chi connectivity index (χ0) is 11.0. The molecule has 0 spiro atoms. The third-order valence-electron chi connectivity index (χ3n) is 1.30. The van der Waals surface area contributed by atoms with E-state index in [-0.39, 0.29) is 18.9 Å². The Morgan fingerprint density at radius 1 is 1.50 bits per heavy atom. The van der Waals surface area contributed by atoms with E-state index in [2.05, 4.69) is 15.4 Å². The summed E-state index contributed by atoms with van der Waals surface area (Å²) in [5, 5.41) is 13.1. The van der Waals surface area contributed by atoms with Crippen molar-refractivity contribution in [3.8, 4) is 0 Å². The Labute approximate surface area is 81.9 Å². The lowest BCUT2D eigenvalue weighted by Gasteiger charge is -2.05. The number of ether oxygens (including phenoxy) is 1. The molecule has 0 radical (unpaired) electrons. The van der Waals surface area contributed by atoms with Gasteiger partial charge in [-0.25, -0.2) is 4.79 Å². The minimum atomic E-state index is -0.729. The van der Waals surface area contributed by atoms with Gasteiger partial charge < -0.3 is 20.5 Å². The Morgan fingerprint density at radius 3 is 2.57 bits per heavy atom. The zero-order valence-corrected chi connectivity index (χ0v) is 8.16. The Bertz CT molecular complexity index is 237.